The third-order valence-corrected chi connectivity index (χ3v) is 7.43. The molecule has 0 heteroatoms. The Labute approximate surface area is 119 Å². The van der Waals surface area contributed by atoms with Crippen LogP contribution in [-0.2, 0) is 0 Å². The minimum Gasteiger partial charge on any atom is -0.0853 e. The molecule has 5 aliphatic carbocycles. The van der Waals surface area contributed by atoms with Crippen LogP contribution in [0.1, 0.15) is 59.8 Å². The van der Waals surface area contributed by atoms with Crippen molar-refractivity contribution in [3.63, 3.8) is 0 Å². The van der Waals surface area contributed by atoms with Gasteiger partial charge in [0.15, 0.2) is 0 Å². The lowest BCUT2D eigenvalue weighted by Gasteiger charge is -2.46. The molecule has 0 heterocycles. The molecule has 5 aliphatic rings. The highest BCUT2D eigenvalue weighted by molar-refractivity contribution is 5.22. The van der Waals surface area contributed by atoms with Crippen molar-refractivity contribution >= 4 is 0 Å². The van der Waals surface area contributed by atoms with Gasteiger partial charge in [-0.05, 0) is 85.9 Å². The summed E-state index contributed by atoms with van der Waals surface area (Å²) in [5.41, 5.74) is 2.16. The zero-order valence-electron chi connectivity index (χ0n) is 13.2. The molecule has 2 bridgehead atoms. The van der Waals surface area contributed by atoms with Crippen molar-refractivity contribution in [3.05, 3.63) is 11.6 Å². The van der Waals surface area contributed by atoms with Crippen LogP contribution >= 0.6 is 0 Å². The Balaban J connectivity index is 1.51. The first-order valence-electron chi connectivity index (χ1n) is 8.63. The standard InChI is InChI=1S/C19H30/c1-11-5-6-15-17-16(18(15)17)9-13-7-14(8-13)12(2)19(3,4)10-11/h5,12-18H,6-10H2,1-4H3. The Morgan fingerprint density at radius 3 is 2.42 bits per heavy atom. The van der Waals surface area contributed by atoms with Crippen molar-refractivity contribution in [2.45, 2.75) is 59.8 Å². The summed E-state index contributed by atoms with van der Waals surface area (Å²) in [4.78, 5) is 0. The molecule has 3 atom stereocenters. The van der Waals surface area contributed by atoms with E-state index in [0.29, 0.717) is 5.41 Å². The molecule has 19 heavy (non-hydrogen) atoms. The Kier molecular flexibility index (Phi) is 2.56. The van der Waals surface area contributed by atoms with Crippen molar-refractivity contribution in [2.75, 3.05) is 0 Å². The van der Waals surface area contributed by atoms with Crippen LogP contribution in [0.3, 0.4) is 0 Å². The summed E-state index contributed by atoms with van der Waals surface area (Å²) in [5.74, 6) is 7.67. The van der Waals surface area contributed by atoms with E-state index in [-0.39, 0.29) is 0 Å². The van der Waals surface area contributed by atoms with E-state index in [1.807, 2.05) is 0 Å². The summed E-state index contributed by atoms with van der Waals surface area (Å²) in [6, 6.07) is 0. The van der Waals surface area contributed by atoms with Crippen LogP contribution in [0.15, 0.2) is 11.6 Å². The average molecular weight is 258 g/mol. The van der Waals surface area contributed by atoms with Gasteiger partial charge >= 0.3 is 0 Å². The number of hydrogen-bond acceptors (Lipinski definition) is 0. The molecule has 5 rings (SSSR count). The highest BCUT2D eigenvalue weighted by atomic mass is 14.8. The quantitative estimate of drug-likeness (QED) is 0.517. The van der Waals surface area contributed by atoms with E-state index in [2.05, 4.69) is 33.8 Å². The smallest absolute Gasteiger partial charge is 0.0269 e. The fraction of sp³-hybridized carbons (Fsp3) is 0.895. The first kappa shape index (κ1) is 12.5. The predicted molar refractivity (Wildman–Crippen MR) is 80.7 cm³/mol. The van der Waals surface area contributed by atoms with Crippen LogP contribution in [0.4, 0.5) is 0 Å². The molecule has 0 amide bonds. The fourth-order valence-corrected chi connectivity index (χ4v) is 5.67. The van der Waals surface area contributed by atoms with E-state index in [1.165, 1.54) is 30.6 Å². The number of rotatable bonds is 0. The van der Waals surface area contributed by atoms with Crippen molar-refractivity contribution < 1.29 is 0 Å². The highest BCUT2D eigenvalue weighted by Gasteiger charge is 2.71. The summed E-state index contributed by atoms with van der Waals surface area (Å²) in [6.45, 7) is 9.92. The van der Waals surface area contributed by atoms with Crippen molar-refractivity contribution in [2.24, 2.45) is 46.8 Å². The average Bonchev–Trinajstić information content (AvgIpc) is 3.13. The second-order valence-electron chi connectivity index (χ2n) is 9.06. The van der Waals surface area contributed by atoms with Crippen molar-refractivity contribution in [1.82, 2.24) is 0 Å². The topological polar surface area (TPSA) is 0 Å². The molecule has 106 valence electrons. The highest BCUT2D eigenvalue weighted by Crippen LogP contribution is 2.76. The molecule has 0 saturated heterocycles. The Morgan fingerprint density at radius 2 is 1.74 bits per heavy atom. The Hall–Kier alpha value is -0.260. The monoisotopic (exact) mass is 258 g/mol. The first-order valence-corrected chi connectivity index (χ1v) is 8.63. The summed E-state index contributed by atoms with van der Waals surface area (Å²) in [7, 11) is 0. The molecule has 0 N–H and O–H groups in total. The lowest BCUT2D eigenvalue weighted by molar-refractivity contribution is 0.0459. The van der Waals surface area contributed by atoms with Gasteiger partial charge in [0.05, 0.1) is 0 Å². The molecule has 0 radical (unpaired) electrons. The van der Waals surface area contributed by atoms with Crippen LogP contribution in [0.25, 0.3) is 0 Å². The maximum Gasteiger partial charge on any atom is -0.0269 e. The minimum atomic E-state index is 0.500. The zero-order valence-corrected chi connectivity index (χ0v) is 13.2. The van der Waals surface area contributed by atoms with Gasteiger partial charge < -0.3 is 0 Å². The van der Waals surface area contributed by atoms with E-state index in [1.54, 1.807) is 24.8 Å². The van der Waals surface area contributed by atoms with Gasteiger partial charge in [0.25, 0.3) is 0 Å². The second-order valence-corrected chi connectivity index (χ2v) is 9.06. The lowest BCUT2D eigenvalue weighted by atomic mass is 9.59. The van der Waals surface area contributed by atoms with E-state index < -0.39 is 0 Å². The number of fused-ring (bicyclic) bond motifs is 4. The first-order chi connectivity index (χ1) is 8.97. The molecule has 0 spiro atoms. The van der Waals surface area contributed by atoms with Crippen LogP contribution < -0.4 is 0 Å². The maximum atomic E-state index is 2.59. The van der Waals surface area contributed by atoms with E-state index in [0.717, 1.165) is 23.7 Å². The Bertz CT molecular complexity index is 400. The molecule has 0 aromatic heterocycles. The van der Waals surface area contributed by atoms with Crippen LogP contribution in [0.2, 0.25) is 0 Å². The molecular weight excluding hydrogens is 228 g/mol. The molecule has 0 nitrogen and oxygen atoms in total. The summed E-state index contributed by atoms with van der Waals surface area (Å²) in [6.07, 6.45) is 10.0. The van der Waals surface area contributed by atoms with Gasteiger partial charge in [0.2, 0.25) is 0 Å². The molecule has 0 aliphatic heterocycles. The van der Waals surface area contributed by atoms with Crippen LogP contribution in [0.5, 0.6) is 0 Å². The third-order valence-electron chi connectivity index (χ3n) is 7.43. The largest absolute Gasteiger partial charge is 0.0853 e. The molecule has 3 fully saturated rings. The Morgan fingerprint density at radius 1 is 1.05 bits per heavy atom. The third kappa shape index (κ3) is 1.93. The SMILES string of the molecule is CC1=CCC2C3C(CC4CC(C4)C(C)C(C)(C)C1)C23. The fourth-order valence-electron chi connectivity index (χ4n) is 5.67. The van der Waals surface area contributed by atoms with Gasteiger partial charge in [-0.1, -0.05) is 32.4 Å². The van der Waals surface area contributed by atoms with Crippen molar-refractivity contribution in [1.29, 1.82) is 0 Å². The number of hydrogen-bond donors (Lipinski definition) is 0. The summed E-state index contributed by atoms with van der Waals surface area (Å²) < 4.78 is 0. The van der Waals surface area contributed by atoms with Gasteiger partial charge in [-0.25, -0.2) is 0 Å². The van der Waals surface area contributed by atoms with E-state index in [9.17, 15) is 0 Å². The molecule has 3 saturated carbocycles. The second kappa shape index (κ2) is 3.89. The maximum absolute atomic E-state index is 2.59. The van der Waals surface area contributed by atoms with Crippen molar-refractivity contribution in [3.8, 4) is 0 Å². The van der Waals surface area contributed by atoms with E-state index >= 15 is 0 Å². The summed E-state index contributed by atoms with van der Waals surface area (Å²) >= 11 is 0. The lowest BCUT2D eigenvalue weighted by Crippen LogP contribution is -2.37. The molecule has 0 aromatic rings. The van der Waals surface area contributed by atoms with Crippen LogP contribution in [-0.4, -0.2) is 0 Å². The van der Waals surface area contributed by atoms with Gasteiger partial charge in [0.1, 0.15) is 0 Å². The van der Waals surface area contributed by atoms with Crippen LogP contribution in [0, 0.1) is 46.8 Å². The predicted octanol–water partition coefficient (Wildman–Crippen LogP) is 5.30. The van der Waals surface area contributed by atoms with Gasteiger partial charge in [-0.2, -0.15) is 0 Å². The zero-order chi connectivity index (χ0) is 13.4. The molecular formula is C19H30. The molecule has 3 unspecified atom stereocenters. The minimum absolute atomic E-state index is 0.500. The van der Waals surface area contributed by atoms with Gasteiger partial charge in [-0.15, -0.1) is 0 Å². The van der Waals surface area contributed by atoms with Gasteiger partial charge in [-0.3, -0.25) is 0 Å². The van der Waals surface area contributed by atoms with E-state index in [4.69, 9.17) is 0 Å². The van der Waals surface area contributed by atoms with Gasteiger partial charge in [0, 0.05) is 0 Å². The molecule has 0 aromatic carbocycles. The summed E-state index contributed by atoms with van der Waals surface area (Å²) in [5, 5.41) is 0. The number of allylic oxidation sites excluding steroid dienone is 2. The normalized spacial score (nSPS) is 54.5.